The SMILES string of the molecule is CCNC(=NCc1cccc(F)c1)NCC(O)c1cccc(OC(C)C)c1. The van der Waals surface area contributed by atoms with Crippen molar-refractivity contribution in [2.75, 3.05) is 13.1 Å². The highest BCUT2D eigenvalue weighted by Crippen LogP contribution is 2.19. The summed E-state index contributed by atoms with van der Waals surface area (Å²) in [7, 11) is 0. The predicted molar refractivity (Wildman–Crippen MR) is 106 cm³/mol. The van der Waals surface area contributed by atoms with Crippen LogP contribution in [0, 0.1) is 5.82 Å². The van der Waals surface area contributed by atoms with Crippen LogP contribution in [0.5, 0.6) is 5.75 Å². The highest BCUT2D eigenvalue weighted by atomic mass is 19.1. The first-order chi connectivity index (χ1) is 13.0. The summed E-state index contributed by atoms with van der Waals surface area (Å²) in [6, 6.07) is 13.8. The molecule has 1 atom stereocenters. The lowest BCUT2D eigenvalue weighted by Gasteiger charge is -2.17. The zero-order valence-electron chi connectivity index (χ0n) is 16.1. The quantitative estimate of drug-likeness (QED) is 0.490. The van der Waals surface area contributed by atoms with Crippen LogP contribution in [-0.4, -0.2) is 30.3 Å². The summed E-state index contributed by atoms with van der Waals surface area (Å²) in [5.74, 6) is 1.02. The Morgan fingerprint density at radius 2 is 1.93 bits per heavy atom. The fourth-order valence-electron chi connectivity index (χ4n) is 2.53. The van der Waals surface area contributed by atoms with Gasteiger partial charge in [0.25, 0.3) is 0 Å². The van der Waals surface area contributed by atoms with Crippen LogP contribution in [0.4, 0.5) is 4.39 Å². The topological polar surface area (TPSA) is 65.9 Å². The average molecular weight is 373 g/mol. The molecule has 0 bridgehead atoms. The Labute approximate surface area is 160 Å². The largest absolute Gasteiger partial charge is 0.491 e. The molecule has 0 heterocycles. The number of aliphatic hydroxyl groups is 1. The van der Waals surface area contributed by atoms with Gasteiger partial charge in [-0.2, -0.15) is 0 Å². The number of ether oxygens (including phenoxy) is 1. The highest BCUT2D eigenvalue weighted by Gasteiger charge is 2.10. The molecular formula is C21H28FN3O2. The van der Waals surface area contributed by atoms with Gasteiger partial charge in [0.15, 0.2) is 5.96 Å². The maximum atomic E-state index is 13.3. The van der Waals surface area contributed by atoms with Crippen LogP contribution in [0.25, 0.3) is 0 Å². The zero-order chi connectivity index (χ0) is 19.6. The number of benzene rings is 2. The number of rotatable bonds is 8. The molecule has 0 aliphatic carbocycles. The second kappa shape index (κ2) is 10.5. The van der Waals surface area contributed by atoms with Crippen LogP contribution >= 0.6 is 0 Å². The summed E-state index contributed by atoms with van der Waals surface area (Å²) >= 11 is 0. The van der Waals surface area contributed by atoms with Crippen molar-refractivity contribution in [3.63, 3.8) is 0 Å². The molecule has 2 aromatic carbocycles. The molecule has 0 saturated carbocycles. The monoisotopic (exact) mass is 373 g/mol. The molecule has 146 valence electrons. The lowest BCUT2D eigenvalue weighted by Crippen LogP contribution is -2.39. The molecule has 0 amide bonds. The third-order valence-corrected chi connectivity index (χ3v) is 3.73. The minimum Gasteiger partial charge on any atom is -0.491 e. The van der Waals surface area contributed by atoms with E-state index >= 15 is 0 Å². The molecule has 0 radical (unpaired) electrons. The van der Waals surface area contributed by atoms with E-state index in [2.05, 4.69) is 15.6 Å². The Morgan fingerprint density at radius 3 is 2.63 bits per heavy atom. The van der Waals surface area contributed by atoms with Gasteiger partial charge >= 0.3 is 0 Å². The van der Waals surface area contributed by atoms with Crippen molar-refractivity contribution >= 4 is 5.96 Å². The smallest absolute Gasteiger partial charge is 0.191 e. The molecule has 5 nitrogen and oxygen atoms in total. The first kappa shape index (κ1) is 20.7. The third-order valence-electron chi connectivity index (χ3n) is 3.73. The van der Waals surface area contributed by atoms with Crippen molar-refractivity contribution < 1.29 is 14.2 Å². The molecular weight excluding hydrogens is 345 g/mol. The van der Waals surface area contributed by atoms with E-state index in [9.17, 15) is 9.50 Å². The third kappa shape index (κ3) is 7.27. The summed E-state index contributed by atoms with van der Waals surface area (Å²) in [4.78, 5) is 4.44. The summed E-state index contributed by atoms with van der Waals surface area (Å²) in [5.41, 5.74) is 1.55. The molecule has 0 saturated heterocycles. The fourth-order valence-corrected chi connectivity index (χ4v) is 2.53. The minimum absolute atomic E-state index is 0.0748. The number of aliphatic imine (C=N–C) groups is 1. The van der Waals surface area contributed by atoms with E-state index in [4.69, 9.17) is 4.74 Å². The van der Waals surface area contributed by atoms with Crippen LogP contribution in [0.1, 0.15) is 38.0 Å². The number of guanidine groups is 1. The van der Waals surface area contributed by atoms with Crippen molar-refractivity contribution in [2.24, 2.45) is 4.99 Å². The Kier molecular flexibility index (Phi) is 8.07. The minimum atomic E-state index is -0.710. The van der Waals surface area contributed by atoms with E-state index in [0.717, 1.165) is 16.9 Å². The van der Waals surface area contributed by atoms with E-state index in [1.807, 2.05) is 51.1 Å². The van der Waals surface area contributed by atoms with E-state index in [-0.39, 0.29) is 11.9 Å². The Hall–Kier alpha value is -2.60. The van der Waals surface area contributed by atoms with E-state index in [0.29, 0.717) is 25.6 Å². The Morgan fingerprint density at radius 1 is 1.15 bits per heavy atom. The fraction of sp³-hybridized carbons (Fsp3) is 0.381. The van der Waals surface area contributed by atoms with E-state index < -0.39 is 6.10 Å². The first-order valence-electron chi connectivity index (χ1n) is 9.19. The van der Waals surface area contributed by atoms with Gasteiger partial charge in [-0.3, -0.25) is 0 Å². The molecule has 0 aliphatic rings. The number of aliphatic hydroxyl groups excluding tert-OH is 1. The summed E-state index contributed by atoms with van der Waals surface area (Å²) in [6.07, 6.45) is -0.635. The van der Waals surface area contributed by atoms with Gasteiger partial charge in [-0.15, -0.1) is 0 Å². The molecule has 0 aliphatic heterocycles. The van der Waals surface area contributed by atoms with Crippen molar-refractivity contribution in [1.82, 2.24) is 10.6 Å². The lowest BCUT2D eigenvalue weighted by molar-refractivity contribution is 0.179. The molecule has 0 spiro atoms. The zero-order valence-corrected chi connectivity index (χ0v) is 16.1. The maximum absolute atomic E-state index is 13.3. The molecule has 1 unspecified atom stereocenters. The normalized spacial score (nSPS) is 12.7. The molecule has 6 heteroatoms. The molecule has 2 aromatic rings. The number of nitrogens with one attached hydrogen (secondary N) is 2. The maximum Gasteiger partial charge on any atom is 0.191 e. The van der Waals surface area contributed by atoms with Crippen LogP contribution in [0.3, 0.4) is 0 Å². The molecule has 2 rings (SSSR count). The summed E-state index contributed by atoms with van der Waals surface area (Å²) in [5, 5.41) is 16.7. The molecule has 27 heavy (non-hydrogen) atoms. The van der Waals surface area contributed by atoms with Crippen LogP contribution in [0.2, 0.25) is 0 Å². The number of hydrogen-bond acceptors (Lipinski definition) is 3. The summed E-state index contributed by atoms with van der Waals surface area (Å²) in [6.45, 7) is 7.21. The van der Waals surface area contributed by atoms with Gasteiger partial charge in [0, 0.05) is 13.1 Å². The standard InChI is InChI=1S/C21H28FN3O2/c1-4-23-21(24-13-16-7-5-9-18(22)11-16)25-14-20(26)17-8-6-10-19(12-17)27-15(2)3/h5-12,15,20,26H,4,13-14H2,1-3H3,(H2,23,24,25). The lowest BCUT2D eigenvalue weighted by atomic mass is 10.1. The second-order valence-electron chi connectivity index (χ2n) is 6.46. The van der Waals surface area contributed by atoms with Gasteiger partial charge in [0.05, 0.1) is 18.8 Å². The van der Waals surface area contributed by atoms with Crippen LogP contribution < -0.4 is 15.4 Å². The Balaban J connectivity index is 1.97. The van der Waals surface area contributed by atoms with Crippen molar-refractivity contribution in [3.8, 4) is 5.75 Å². The summed E-state index contributed by atoms with van der Waals surface area (Å²) < 4.78 is 18.9. The van der Waals surface area contributed by atoms with Gasteiger partial charge in [0.2, 0.25) is 0 Å². The van der Waals surface area contributed by atoms with Crippen LogP contribution in [-0.2, 0) is 6.54 Å². The van der Waals surface area contributed by atoms with Crippen LogP contribution in [0.15, 0.2) is 53.5 Å². The van der Waals surface area contributed by atoms with Gasteiger partial charge in [-0.25, -0.2) is 9.38 Å². The van der Waals surface area contributed by atoms with E-state index in [1.165, 1.54) is 12.1 Å². The highest BCUT2D eigenvalue weighted by molar-refractivity contribution is 5.79. The number of nitrogens with zero attached hydrogens (tertiary/aromatic N) is 1. The molecule has 3 N–H and O–H groups in total. The van der Waals surface area contributed by atoms with Crippen molar-refractivity contribution in [3.05, 3.63) is 65.5 Å². The predicted octanol–water partition coefficient (Wildman–Crippen LogP) is 3.40. The Bertz CT molecular complexity index is 750. The van der Waals surface area contributed by atoms with Gasteiger partial charge in [-0.1, -0.05) is 24.3 Å². The van der Waals surface area contributed by atoms with Crippen molar-refractivity contribution in [1.29, 1.82) is 0 Å². The number of halogens is 1. The van der Waals surface area contributed by atoms with Gasteiger partial charge < -0.3 is 20.5 Å². The molecule has 0 fully saturated rings. The van der Waals surface area contributed by atoms with Crippen molar-refractivity contribution in [2.45, 2.75) is 39.5 Å². The average Bonchev–Trinajstić information content (AvgIpc) is 2.63. The van der Waals surface area contributed by atoms with E-state index in [1.54, 1.807) is 6.07 Å². The second-order valence-corrected chi connectivity index (χ2v) is 6.46. The number of hydrogen-bond donors (Lipinski definition) is 3. The molecule has 0 aromatic heterocycles. The van der Waals surface area contributed by atoms with Gasteiger partial charge in [0.1, 0.15) is 11.6 Å². The first-order valence-corrected chi connectivity index (χ1v) is 9.19. The van der Waals surface area contributed by atoms with Gasteiger partial charge in [-0.05, 0) is 56.2 Å².